The van der Waals surface area contributed by atoms with Gasteiger partial charge in [0.2, 0.25) is 0 Å². The van der Waals surface area contributed by atoms with Gasteiger partial charge in [-0.25, -0.2) is 4.39 Å². The smallest absolute Gasteiger partial charge is 0.274 e. The summed E-state index contributed by atoms with van der Waals surface area (Å²) in [6.45, 7) is 0. The first-order chi connectivity index (χ1) is 6.95. The predicted octanol–water partition coefficient (Wildman–Crippen LogP) is 3.73. The Morgan fingerprint density at radius 2 is 2.00 bits per heavy atom. The van der Waals surface area contributed by atoms with Crippen LogP contribution < -0.4 is 5.32 Å². The minimum Gasteiger partial charge on any atom is -0.322 e. The Kier molecular flexibility index (Phi) is 4.55. The van der Waals surface area contributed by atoms with Gasteiger partial charge >= 0.3 is 0 Å². The number of carbonyl (C=O) groups is 1. The standard InChI is InChI=1S/C9H7Br2ClFNO/c10-5-9(11,13)8(15)14-7-3-1-6(12)2-4-7/h1-4H,5H2,(H,14,15). The van der Waals surface area contributed by atoms with E-state index >= 15 is 0 Å². The molecule has 0 bridgehead atoms. The van der Waals surface area contributed by atoms with E-state index in [2.05, 4.69) is 37.2 Å². The summed E-state index contributed by atoms with van der Waals surface area (Å²) in [5.41, 5.74) is 0.492. The maximum absolute atomic E-state index is 13.4. The lowest BCUT2D eigenvalue weighted by molar-refractivity contribution is -0.121. The minimum atomic E-state index is -2.10. The van der Waals surface area contributed by atoms with Crippen LogP contribution in [-0.4, -0.2) is 15.8 Å². The lowest BCUT2D eigenvalue weighted by Gasteiger charge is -2.14. The summed E-state index contributed by atoms with van der Waals surface area (Å²) in [4.78, 5) is 11.4. The fourth-order valence-corrected chi connectivity index (χ4v) is 1.30. The van der Waals surface area contributed by atoms with E-state index < -0.39 is 10.5 Å². The first-order valence-corrected chi connectivity index (χ1v) is 6.26. The number of carbonyl (C=O) groups excluding carboxylic acids is 1. The van der Waals surface area contributed by atoms with Crippen LogP contribution in [0.3, 0.4) is 0 Å². The molecule has 2 nitrogen and oxygen atoms in total. The molecular weight excluding hydrogens is 352 g/mol. The number of alkyl halides is 3. The van der Waals surface area contributed by atoms with Crippen LogP contribution in [0.5, 0.6) is 0 Å². The number of rotatable bonds is 3. The van der Waals surface area contributed by atoms with Crippen LogP contribution in [-0.2, 0) is 4.79 Å². The van der Waals surface area contributed by atoms with Crippen molar-refractivity contribution in [3.8, 4) is 0 Å². The van der Waals surface area contributed by atoms with E-state index in [1.807, 2.05) is 0 Å². The van der Waals surface area contributed by atoms with Crippen molar-refractivity contribution in [2.75, 3.05) is 10.6 Å². The molecule has 0 fully saturated rings. The van der Waals surface area contributed by atoms with E-state index in [9.17, 15) is 9.18 Å². The number of hydrogen-bond donors (Lipinski definition) is 1. The van der Waals surface area contributed by atoms with E-state index in [0.29, 0.717) is 10.7 Å². The molecule has 1 aromatic carbocycles. The molecule has 1 atom stereocenters. The van der Waals surface area contributed by atoms with Crippen molar-refractivity contribution < 1.29 is 9.18 Å². The number of hydrogen-bond acceptors (Lipinski definition) is 1. The normalized spacial score (nSPS) is 14.4. The molecule has 0 saturated carbocycles. The molecule has 0 aliphatic heterocycles. The van der Waals surface area contributed by atoms with Gasteiger partial charge in [0.1, 0.15) is 0 Å². The van der Waals surface area contributed by atoms with Gasteiger partial charge in [-0.1, -0.05) is 27.5 Å². The summed E-state index contributed by atoms with van der Waals surface area (Å²) in [5.74, 6) is -0.762. The Morgan fingerprint density at radius 1 is 1.47 bits per heavy atom. The van der Waals surface area contributed by atoms with Crippen molar-refractivity contribution in [2.45, 2.75) is 4.58 Å². The number of nitrogens with one attached hydrogen (secondary N) is 1. The summed E-state index contributed by atoms with van der Waals surface area (Å²) in [5, 5.41) is 2.84. The van der Waals surface area contributed by atoms with Crippen LogP contribution in [0.15, 0.2) is 24.3 Å². The van der Waals surface area contributed by atoms with Gasteiger partial charge in [-0.2, -0.15) is 0 Å². The first kappa shape index (κ1) is 12.9. The molecule has 1 rings (SSSR count). The Balaban J connectivity index is 2.71. The van der Waals surface area contributed by atoms with Crippen molar-refractivity contribution in [3.05, 3.63) is 29.3 Å². The zero-order chi connectivity index (χ0) is 11.5. The average Bonchev–Trinajstić information content (AvgIpc) is 2.21. The van der Waals surface area contributed by atoms with Crippen molar-refractivity contribution in [1.29, 1.82) is 0 Å². The zero-order valence-corrected chi connectivity index (χ0v) is 11.4. The highest BCUT2D eigenvalue weighted by atomic mass is 79.9. The van der Waals surface area contributed by atoms with Gasteiger partial charge in [0.25, 0.3) is 10.5 Å². The number of anilines is 1. The second kappa shape index (κ2) is 5.27. The fourth-order valence-electron chi connectivity index (χ4n) is 0.816. The molecule has 0 aliphatic carbocycles. The molecule has 0 heterocycles. The van der Waals surface area contributed by atoms with Crippen molar-refractivity contribution >= 4 is 55.1 Å². The Morgan fingerprint density at radius 3 is 2.47 bits per heavy atom. The average molecular weight is 359 g/mol. The SMILES string of the molecule is O=C(Nc1ccc(Cl)cc1)C(F)(Br)CBr. The van der Waals surface area contributed by atoms with Gasteiger partial charge in [-0.05, 0) is 40.2 Å². The predicted molar refractivity (Wildman–Crippen MR) is 66.6 cm³/mol. The van der Waals surface area contributed by atoms with Crippen LogP contribution in [0.25, 0.3) is 0 Å². The topological polar surface area (TPSA) is 29.1 Å². The minimum absolute atomic E-state index is 0.126. The summed E-state index contributed by atoms with van der Waals surface area (Å²) in [6, 6.07) is 6.41. The largest absolute Gasteiger partial charge is 0.322 e. The molecular formula is C9H7Br2ClFNO. The van der Waals surface area contributed by atoms with Gasteiger partial charge in [0, 0.05) is 10.7 Å². The van der Waals surface area contributed by atoms with Crippen molar-refractivity contribution in [2.24, 2.45) is 0 Å². The molecule has 1 aromatic rings. The third kappa shape index (κ3) is 3.74. The molecule has 0 aromatic heterocycles. The molecule has 6 heteroatoms. The second-order valence-electron chi connectivity index (χ2n) is 2.80. The van der Waals surface area contributed by atoms with E-state index in [4.69, 9.17) is 11.6 Å². The van der Waals surface area contributed by atoms with E-state index in [1.165, 1.54) is 0 Å². The number of halogens is 4. The molecule has 0 aliphatic rings. The zero-order valence-electron chi connectivity index (χ0n) is 7.44. The third-order valence-electron chi connectivity index (χ3n) is 1.60. The van der Waals surface area contributed by atoms with Crippen LogP contribution in [0.1, 0.15) is 0 Å². The van der Waals surface area contributed by atoms with E-state index in [1.54, 1.807) is 24.3 Å². The fraction of sp³-hybridized carbons (Fsp3) is 0.222. The highest BCUT2D eigenvalue weighted by molar-refractivity contribution is 9.12. The maximum Gasteiger partial charge on any atom is 0.274 e. The molecule has 1 amide bonds. The molecule has 0 saturated heterocycles. The third-order valence-corrected chi connectivity index (χ3v) is 4.02. The summed E-state index contributed by atoms with van der Waals surface area (Å²) in [6.07, 6.45) is 0. The molecule has 82 valence electrons. The van der Waals surface area contributed by atoms with Gasteiger partial charge < -0.3 is 5.32 Å². The Bertz CT molecular complexity index is 356. The Labute approximate surface area is 108 Å². The molecule has 1 N–H and O–H groups in total. The molecule has 15 heavy (non-hydrogen) atoms. The van der Waals surface area contributed by atoms with Crippen LogP contribution in [0.4, 0.5) is 10.1 Å². The van der Waals surface area contributed by atoms with Gasteiger partial charge in [0.05, 0.1) is 5.33 Å². The molecule has 0 spiro atoms. The monoisotopic (exact) mass is 357 g/mol. The van der Waals surface area contributed by atoms with Gasteiger partial charge in [-0.15, -0.1) is 0 Å². The summed E-state index contributed by atoms with van der Waals surface area (Å²) >= 11 is 11.2. The molecule has 1 unspecified atom stereocenters. The summed E-state index contributed by atoms with van der Waals surface area (Å²) < 4.78 is 11.3. The second-order valence-corrected chi connectivity index (χ2v) is 5.05. The quantitative estimate of drug-likeness (QED) is 0.819. The van der Waals surface area contributed by atoms with Gasteiger partial charge in [0.15, 0.2) is 0 Å². The summed E-state index contributed by atoms with van der Waals surface area (Å²) in [7, 11) is 0. The Hall–Kier alpha value is -0.130. The lowest BCUT2D eigenvalue weighted by Crippen LogP contribution is -2.34. The van der Waals surface area contributed by atoms with E-state index in [-0.39, 0.29) is 5.33 Å². The van der Waals surface area contributed by atoms with Crippen molar-refractivity contribution in [3.63, 3.8) is 0 Å². The number of amides is 1. The van der Waals surface area contributed by atoms with Crippen molar-refractivity contribution in [1.82, 2.24) is 0 Å². The van der Waals surface area contributed by atoms with Crippen LogP contribution >= 0.6 is 43.5 Å². The molecule has 0 radical (unpaired) electrons. The van der Waals surface area contributed by atoms with Crippen LogP contribution in [0.2, 0.25) is 5.02 Å². The van der Waals surface area contributed by atoms with Gasteiger partial charge in [-0.3, -0.25) is 4.79 Å². The van der Waals surface area contributed by atoms with E-state index in [0.717, 1.165) is 0 Å². The lowest BCUT2D eigenvalue weighted by atomic mass is 10.3. The maximum atomic E-state index is 13.4. The first-order valence-electron chi connectivity index (χ1n) is 3.96. The number of benzene rings is 1. The highest BCUT2D eigenvalue weighted by Crippen LogP contribution is 2.25. The highest BCUT2D eigenvalue weighted by Gasteiger charge is 2.34. The van der Waals surface area contributed by atoms with Crippen LogP contribution in [0, 0.1) is 0 Å².